The van der Waals surface area contributed by atoms with Crippen LogP contribution in [-0.2, 0) is 32.7 Å². The Bertz CT molecular complexity index is 551. The highest BCUT2D eigenvalue weighted by atomic mass is 31.2. The summed E-state index contributed by atoms with van der Waals surface area (Å²) in [6.45, 7) is 11.1. The second-order valence-corrected chi connectivity index (χ2v) is 8.52. The molecule has 0 aliphatic carbocycles. The van der Waals surface area contributed by atoms with Gasteiger partial charge in [-0.15, -0.1) is 0 Å². The number of hydrogen-bond donors (Lipinski definition) is 2. The van der Waals surface area contributed by atoms with Crippen LogP contribution < -0.4 is 10.6 Å². The Morgan fingerprint density at radius 3 is 1.89 bits per heavy atom. The highest BCUT2D eigenvalue weighted by Gasteiger charge is 2.44. The smallest absolute Gasteiger partial charge is 0.408 e. The Labute approximate surface area is 160 Å². The summed E-state index contributed by atoms with van der Waals surface area (Å²) in [5, 5.41) is 4.61. The van der Waals surface area contributed by atoms with Gasteiger partial charge in [-0.1, -0.05) is 0 Å². The van der Waals surface area contributed by atoms with Gasteiger partial charge in [0.25, 0.3) is 0 Å². The Morgan fingerprint density at radius 2 is 1.48 bits per heavy atom. The first kappa shape index (κ1) is 25.4. The molecule has 0 saturated heterocycles. The average Bonchev–Trinajstić information content (AvgIpc) is 2.50. The van der Waals surface area contributed by atoms with E-state index >= 15 is 0 Å². The Hall–Kier alpha value is -1.64. The maximum Gasteiger partial charge on any atom is 0.408 e. The quantitative estimate of drug-likeness (QED) is 0.414. The molecule has 0 aromatic heterocycles. The molecule has 2 N–H and O–H groups in total. The number of nitrogens with one attached hydrogen (secondary N) is 2. The van der Waals surface area contributed by atoms with E-state index in [9.17, 15) is 18.9 Å². The number of carbonyl (C=O) groups is 3. The topological polar surface area (TPSA) is 129 Å². The zero-order valence-corrected chi connectivity index (χ0v) is 17.9. The van der Waals surface area contributed by atoms with Crippen molar-refractivity contribution in [2.24, 2.45) is 0 Å². The monoisotopic (exact) mass is 410 g/mol. The number of hydrogen-bond acceptors (Lipinski definition) is 8. The molecule has 0 radical (unpaired) electrons. The van der Waals surface area contributed by atoms with Gasteiger partial charge >= 0.3 is 19.7 Å². The summed E-state index contributed by atoms with van der Waals surface area (Å²) in [5.41, 5.74) is -0.743. The summed E-state index contributed by atoms with van der Waals surface area (Å²) in [6, 6.07) is -1.08. The molecule has 0 saturated carbocycles. The van der Waals surface area contributed by atoms with E-state index in [1.165, 1.54) is 6.92 Å². The molecule has 0 aromatic carbocycles. The van der Waals surface area contributed by atoms with Gasteiger partial charge in [0.15, 0.2) is 0 Å². The van der Waals surface area contributed by atoms with Gasteiger partial charge in [0.2, 0.25) is 11.7 Å². The van der Waals surface area contributed by atoms with Crippen molar-refractivity contribution in [1.29, 1.82) is 0 Å². The fourth-order valence-electron chi connectivity index (χ4n) is 1.84. The molecular weight excluding hydrogens is 379 g/mol. The fraction of sp³-hybridized carbons (Fsp3) is 0.812. The number of esters is 1. The molecule has 0 aromatic rings. The average molecular weight is 410 g/mol. The predicted octanol–water partition coefficient (Wildman–Crippen LogP) is 2.17. The minimum Gasteiger partial charge on any atom is -0.464 e. The van der Waals surface area contributed by atoms with E-state index < -0.39 is 43.0 Å². The van der Waals surface area contributed by atoms with Crippen LogP contribution in [0.3, 0.4) is 0 Å². The highest BCUT2D eigenvalue weighted by Crippen LogP contribution is 2.52. The number of carbonyl (C=O) groups excluding carboxylic acids is 3. The molecule has 0 aliphatic rings. The van der Waals surface area contributed by atoms with E-state index in [4.69, 9.17) is 18.5 Å². The van der Waals surface area contributed by atoms with Crippen LogP contribution in [0, 0.1) is 0 Å². The van der Waals surface area contributed by atoms with E-state index in [0.29, 0.717) is 0 Å². The van der Waals surface area contributed by atoms with Gasteiger partial charge in [-0.3, -0.25) is 9.36 Å². The lowest BCUT2D eigenvalue weighted by Gasteiger charge is -2.27. The molecular formula is C16H31N2O8P. The van der Waals surface area contributed by atoms with Crippen LogP contribution in [0.4, 0.5) is 4.79 Å². The SMILES string of the molecule is CCOC(=O)C(NC(=O)[C@H](C)NC(=O)OC(C)(C)C)P(=O)(OCC)OCC. The number of alkyl carbamates (subject to hydrolysis) is 1. The zero-order valence-electron chi connectivity index (χ0n) is 17.0. The van der Waals surface area contributed by atoms with E-state index in [-0.39, 0.29) is 19.8 Å². The molecule has 11 heteroatoms. The van der Waals surface area contributed by atoms with Crippen molar-refractivity contribution in [3.05, 3.63) is 0 Å². The summed E-state index contributed by atoms with van der Waals surface area (Å²) in [5.74, 6) is -3.40. The third-order valence-electron chi connectivity index (χ3n) is 2.85. The molecule has 0 heterocycles. The molecule has 0 aliphatic heterocycles. The van der Waals surface area contributed by atoms with Gasteiger partial charge in [0, 0.05) is 0 Å². The molecule has 1 unspecified atom stereocenters. The second-order valence-electron chi connectivity index (χ2n) is 6.41. The Balaban J connectivity index is 5.30. The van der Waals surface area contributed by atoms with Gasteiger partial charge in [-0.25, -0.2) is 9.59 Å². The molecule has 10 nitrogen and oxygen atoms in total. The zero-order chi connectivity index (χ0) is 21.3. The predicted molar refractivity (Wildman–Crippen MR) is 98.3 cm³/mol. The molecule has 2 amide bonds. The first-order valence-electron chi connectivity index (χ1n) is 8.75. The van der Waals surface area contributed by atoms with Crippen molar-refractivity contribution in [3.8, 4) is 0 Å². The van der Waals surface area contributed by atoms with Crippen molar-refractivity contribution >= 4 is 25.6 Å². The number of amides is 2. The maximum atomic E-state index is 12.9. The molecule has 158 valence electrons. The molecule has 0 rings (SSSR count). The van der Waals surface area contributed by atoms with Crippen LogP contribution in [-0.4, -0.2) is 55.2 Å². The lowest BCUT2D eigenvalue weighted by Crippen LogP contribution is -2.51. The van der Waals surface area contributed by atoms with Gasteiger partial charge in [0.05, 0.1) is 19.8 Å². The third kappa shape index (κ3) is 9.21. The molecule has 0 spiro atoms. The maximum absolute atomic E-state index is 12.9. The summed E-state index contributed by atoms with van der Waals surface area (Å²) >= 11 is 0. The Kier molecular flexibility index (Phi) is 10.6. The van der Waals surface area contributed by atoms with Gasteiger partial charge in [-0.2, -0.15) is 0 Å². The summed E-state index contributed by atoms with van der Waals surface area (Å²) in [7, 11) is -4.03. The highest BCUT2D eigenvalue weighted by molar-refractivity contribution is 7.55. The largest absolute Gasteiger partial charge is 0.464 e. The lowest BCUT2D eigenvalue weighted by atomic mass is 10.2. The number of rotatable bonds is 10. The van der Waals surface area contributed by atoms with Gasteiger partial charge in [-0.05, 0) is 48.5 Å². The van der Waals surface area contributed by atoms with Crippen molar-refractivity contribution < 1.29 is 37.5 Å². The summed E-state index contributed by atoms with van der Waals surface area (Å²) < 4.78 is 33.1. The van der Waals surface area contributed by atoms with Crippen LogP contribution in [0.15, 0.2) is 0 Å². The van der Waals surface area contributed by atoms with E-state index in [1.807, 2.05) is 0 Å². The van der Waals surface area contributed by atoms with E-state index in [1.54, 1.807) is 41.5 Å². The minimum absolute atomic E-state index is 0.00519. The van der Waals surface area contributed by atoms with Crippen LogP contribution in [0.2, 0.25) is 0 Å². The van der Waals surface area contributed by atoms with E-state index in [2.05, 4.69) is 10.6 Å². The first-order valence-corrected chi connectivity index (χ1v) is 10.4. The Morgan fingerprint density at radius 1 is 0.963 bits per heavy atom. The van der Waals surface area contributed by atoms with Crippen LogP contribution >= 0.6 is 7.60 Å². The van der Waals surface area contributed by atoms with Crippen molar-refractivity contribution in [3.63, 3.8) is 0 Å². The number of ether oxygens (including phenoxy) is 2. The van der Waals surface area contributed by atoms with Crippen molar-refractivity contribution in [2.45, 2.75) is 65.9 Å². The van der Waals surface area contributed by atoms with Gasteiger partial charge < -0.3 is 29.2 Å². The molecule has 0 fully saturated rings. The molecule has 27 heavy (non-hydrogen) atoms. The van der Waals surface area contributed by atoms with Crippen LogP contribution in [0.5, 0.6) is 0 Å². The second kappa shape index (κ2) is 11.3. The standard InChI is InChI=1S/C16H31N2O8P/c1-8-23-14(20)13(27(22,24-9-2)25-10-3)18-12(19)11(4)17-15(21)26-16(5,6)7/h11,13H,8-10H2,1-7H3,(H,17,21)(H,18,19)/t11-,13?/m0/s1. The molecule has 2 atom stereocenters. The third-order valence-corrected chi connectivity index (χ3v) is 5.06. The lowest BCUT2D eigenvalue weighted by molar-refractivity contribution is -0.145. The van der Waals surface area contributed by atoms with Crippen molar-refractivity contribution in [2.75, 3.05) is 19.8 Å². The molecule has 0 bridgehead atoms. The first-order chi connectivity index (χ1) is 12.4. The van der Waals surface area contributed by atoms with Gasteiger partial charge in [0.1, 0.15) is 11.6 Å². The minimum atomic E-state index is -4.03. The van der Waals surface area contributed by atoms with Crippen molar-refractivity contribution in [1.82, 2.24) is 10.6 Å². The van der Waals surface area contributed by atoms with E-state index in [0.717, 1.165) is 0 Å². The summed E-state index contributed by atoms with van der Waals surface area (Å²) in [4.78, 5) is 36.4. The fourth-order valence-corrected chi connectivity index (χ4v) is 3.55. The van der Waals surface area contributed by atoms with Crippen LogP contribution in [0.1, 0.15) is 48.5 Å². The van der Waals surface area contributed by atoms with Crippen LogP contribution in [0.25, 0.3) is 0 Å². The summed E-state index contributed by atoms with van der Waals surface area (Å²) in [6.07, 6.45) is -0.810. The normalized spacial score (nSPS) is 14.0.